The normalized spacial score (nSPS) is 14.0. The highest BCUT2D eigenvalue weighted by molar-refractivity contribution is 5.92. The van der Waals surface area contributed by atoms with Crippen molar-refractivity contribution < 1.29 is 18.0 Å². The van der Waals surface area contributed by atoms with Gasteiger partial charge in [-0.15, -0.1) is 0 Å². The fourth-order valence-electron chi connectivity index (χ4n) is 2.64. The number of hydrogen-bond donors (Lipinski definition) is 2. The van der Waals surface area contributed by atoms with Crippen molar-refractivity contribution in [1.82, 2.24) is 5.32 Å². The molecule has 0 spiro atoms. The molecule has 0 fully saturated rings. The zero-order valence-electron chi connectivity index (χ0n) is 14.1. The maximum Gasteiger partial charge on any atom is 0.418 e. The monoisotopic (exact) mass is 350 g/mol. The second kappa shape index (κ2) is 8.16. The van der Waals surface area contributed by atoms with Gasteiger partial charge in [-0.25, -0.2) is 0 Å². The lowest BCUT2D eigenvalue weighted by atomic mass is 10.1. The molecule has 2 rings (SSSR count). The van der Waals surface area contributed by atoms with Gasteiger partial charge in [0.25, 0.3) is 0 Å². The molecule has 0 aliphatic rings. The van der Waals surface area contributed by atoms with E-state index in [2.05, 4.69) is 10.6 Å². The summed E-state index contributed by atoms with van der Waals surface area (Å²) in [5.74, 6) is -0.461. The van der Waals surface area contributed by atoms with E-state index in [0.29, 0.717) is 0 Å². The Morgan fingerprint density at radius 3 is 2.24 bits per heavy atom. The van der Waals surface area contributed by atoms with Gasteiger partial charge in [0.05, 0.1) is 11.3 Å². The Labute approximate surface area is 145 Å². The Kier molecular flexibility index (Phi) is 6.20. The van der Waals surface area contributed by atoms with Crippen molar-refractivity contribution >= 4 is 11.6 Å². The number of para-hydroxylation sites is 1. The van der Waals surface area contributed by atoms with Crippen LogP contribution in [0.4, 0.5) is 18.9 Å². The molecule has 0 bridgehead atoms. The van der Waals surface area contributed by atoms with E-state index < -0.39 is 17.6 Å². The summed E-state index contributed by atoms with van der Waals surface area (Å²) in [4.78, 5) is 12.1. The number of hydrogen-bond acceptors (Lipinski definition) is 2. The van der Waals surface area contributed by atoms with Crippen molar-refractivity contribution in [3.8, 4) is 0 Å². The van der Waals surface area contributed by atoms with E-state index >= 15 is 0 Å². The van der Waals surface area contributed by atoms with Crippen LogP contribution >= 0.6 is 0 Å². The van der Waals surface area contributed by atoms with Gasteiger partial charge < -0.3 is 10.6 Å². The van der Waals surface area contributed by atoms with Crippen LogP contribution in [0.3, 0.4) is 0 Å². The molecule has 0 aromatic heterocycles. The van der Waals surface area contributed by atoms with Gasteiger partial charge in [0.15, 0.2) is 0 Å². The molecule has 2 atom stereocenters. The quantitative estimate of drug-likeness (QED) is 0.788. The fraction of sp³-hybridized carbons (Fsp3) is 0.316. The Hall–Kier alpha value is -2.34. The molecule has 2 unspecified atom stereocenters. The summed E-state index contributed by atoms with van der Waals surface area (Å²) in [7, 11) is 0. The number of carbonyl (C=O) groups is 1. The summed E-state index contributed by atoms with van der Waals surface area (Å²) < 4.78 is 38.9. The number of carbonyl (C=O) groups excluding carboxylic acids is 1. The Morgan fingerprint density at radius 1 is 1.00 bits per heavy atom. The van der Waals surface area contributed by atoms with Crippen molar-refractivity contribution in [3.63, 3.8) is 0 Å². The first-order valence-electron chi connectivity index (χ1n) is 8.04. The first-order chi connectivity index (χ1) is 11.8. The van der Waals surface area contributed by atoms with Crippen LogP contribution in [0, 0.1) is 0 Å². The van der Waals surface area contributed by atoms with Crippen LogP contribution in [-0.2, 0) is 11.0 Å². The summed E-state index contributed by atoms with van der Waals surface area (Å²) in [6.07, 6.45) is -4.43. The molecule has 134 valence electrons. The number of nitrogens with one attached hydrogen (secondary N) is 2. The van der Waals surface area contributed by atoms with E-state index in [1.54, 1.807) is 0 Å². The fourth-order valence-corrected chi connectivity index (χ4v) is 2.64. The summed E-state index contributed by atoms with van der Waals surface area (Å²) in [6, 6.07) is 14.5. The molecule has 0 radical (unpaired) electrons. The smallest absolute Gasteiger partial charge is 0.325 e. The van der Waals surface area contributed by atoms with Crippen molar-refractivity contribution in [2.75, 3.05) is 5.32 Å². The third kappa shape index (κ3) is 5.60. The summed E-state index contributed by atoms with van der Waals surface area (Å²) >= 11 is 0. The molecule has 0 heterocycles. The highest BCUT2D eigenvalue weighted by Crippen LogP contribution is 2.34. The van der Waals surface area contributed by atoms with Crippen molar-refractivity contribution in [3.05, 3.63) is 65.7 Å². The second-order valence-corrected chi connectivity index (χ2v) is 6.00. The van der Waals surface area contributed by atoms with Gasteiger partial charge in [-0.3, -0.25) is 4.79 Å². The predicted molar refractivity (Wildman–Crippen MR) is 92.1 cm³/mol. The number of anilines is 1. The molecule has 1 amide bonds. The van der Waals surface area contributed by atoms with Gasteiger partial charge in [0, 0.05) is 18.5 Å². The molecule has 25 heavy (non-hydrogen) atoms. The molecule has 2 aromatic carbocycles. The van der Waals surface area contributed by atoms with Crippen molar-refractivity contribution in [1.29, 1.82) is 0 Å². The molecule has 3 nitrogen and oxygen atoms in total. The first kappa shape index (κ1) is 19.0. The topological polar surface area (TPSA) is 41.1 Å². The Balaban J connectivity index is 1.94. The molecule has 6 heteroatoms. The number of halogens is 3. The summed E-state index contributed by atoms with van der Waals surface area (Å²) in [5, 5.41) is 5.64. The van der Waals surface area contributed by atoms with E-state index in [1.165, 1.54) is 18.2 Å². The minimum absolute atomic E-state index is 0.0338. The lowest BCUT2D eigenvalue weighted by molar-refractivity contribution is -0.137. The highest BCUT2D eigenvalue weighted by atomic mass is 19.4. The molecule has 0 saturated carbocycles. The van der Waals surface area contributed by atoms with Gasteiger partial charge in [-0.1, -0.05) is 42.5 Å². The molecular weight excluding hydrogens is 329 g/mol. The summed E-state index contributed by atoms with van der Waals surface area (Å²) in [6.45, 7) is 3.80. The van der Waals surface area contributed by atoms with Crippen LogP contribution in [-0.4, -0.2) is 11.9 Å². The maximum absolute atomic E-state index is 13.0. The first-order valence-corrected chi connectivity index (χ1v) is 8.04. The molecule has 0 aliphatic heterocycles. The van der Waals surface area contributed by atoms with Gasteiger partial charge in [0.2, 0.25) is 5.91 Å². The molecule has 0 saturated heterocycles. The Bertz CT molecular complexity index is 701. The van der Waals surface area contributed by atoms with Gasteiger partial charge in [-0.05, 0) is 31.5 Å². The average molecular weight is 350 g/mol. The zero-order valence-corrected chi connectivity index (χ0v) is 14.1. The molecular formula is C19H21F3N2O. The van der Waals surface area contributed by atoms with E-state index in [0.717, 1.165) is 11.6 Å². The van der Waals surface area contributed by atoms with E-state index in [9.17, 15) is 18.0 Å². The van der Waals surface area contributed by atoms with E-state index in [4.69, 9.17) is 0 Å². The van der Waals surface area contributed by atoms with Crippen LogP contribution in [0.25, 0.3) is 0 Å². The van der Waals surface area contributed by atoms with Crippen LogP contribution in [0.15, 0.2) is 54.6 Å². The third-order valence-electron chi connectivity index (χ3n) is 3.83. The molecule has 0 aliphatic carbocycles. The van der Waals surface area contributed by atoms with Gasteiger partial charge in [0.1, 0.15) is 0 Å². The third-order valence-corrected chi connectivity index (χ3v) is 3.83. The number of amides is 1. The largest absolute Gasteiger partial charge is 0.418 e. The Morgan fingerprint density at radius 2 is 1.60 bits per heavy atom. The van der Waals surface area contributed by atoms with Crippen molar-refractivity contribution in [2.45, 2.75) is 38.5 Å². The lowest BCUT2D eigenvalue weighted by Crippen LogP contribution is -2.32. The van der Waals surface area contributed by atoms with Gasteiger partial charge in [-0.2, -0.15) is 13.2 Å². The van der Waals surface area contributed by atoms with Gasteiger partial charge >= 0.3 is 6.18 Å². The van der Waals surface area contributed by atoms with Crippen LogP contribution in [0.1, 0.15) is 37.4 Å². The minimum Gasteiger partial charge on any atom is -0.325 e. The minimum atomic E-state index is -4.50. The van der Waals surface area contributed by atoms with Crippen LogP contribution < -0.4 is 10.6 Å². The number of alkyl halides is 3. The predicted octanol–water partition coefficient (Wildman–Crippen LogP) is 4.77. The zero-order chi connectivity index (χ0) is 18.4. The average Bonchev–Trinajstić information content (AvgIpc) is 2.54. The maximum atomic E-state index is 13.0. The molecule has 2 N–H and O–H groups in total. The number of benzene rings is 2. The second-order valence-electron chi connectivity index (χ2n) is 6.00. The standard InChI is InChI=1S/C19H21F3N2O/c1-13(23-14(2)15-8-4-3-5-9-15)12-18(25)24-17-11-7-6-10-16(17)19(20,21)22/h3-11,13-14,23H,12H2,1-2H3,(H,24,25). The summed E-state index contributed by atoms with van der Waals surface area (Å²) in [5.41, 5.74) is 0.0158. The van der Waals surface area contributed by atoms with Crippen molar-refractivity contribution in [2.24, 2.45) is 0 Å². The highest BCUT2D eigenvalue weighted by Gasteiger charge is 2.33. The van der Waals surface area contributed by atoms with Crippen LogP contribution in [0.2, 0.25) is 0 Å². The van der Waals surface area contributed by atoms with E-state index in [1.807, 2.05) is 44.2 Å². The van der Waals surface area contributed by atoms with E-state index in [-0.39, 0.29) is 24.2 Å². The SMILES string of the molecule is CC(CC(=O)Nc1ccccc1C(F)(F)F)NC(C)c1ccccc1. The molecule has 2 aromatic rings. The van der Waals surface area contributed by atoms with Crippen LogP contribution in [0.5, 0.6) is 0 Å². The lowest BCUT2D eigenvalue weighted by Gasteiger charge is -2.20. The number of rotatable bonds is 6.